The van der Waals surface area contributed by atoms with Crippen LogP contribution in [0, 0.1) is 0 Å². The number of alkyl halides is 3. The highest BCUT2D eigenvalue weighted by Gasteiger charge is 2.33. The Hall–Kier alpha value is -2.85. The number of likely N-dealkylation sites (tertiary alicyclic amines) is 1. The summed E-state index contributed by atoms with van der Waals surface area (Å²) >= 11 is 0. The van der Waals surface area contributed by atoms with Gasteiger partial charge in [-0.05, 0) is 95.2 Å². The van der Waals surface area contributed by atoms with Gasteiger partial charge in [0.15, 0.2) is 0 Å². The largest absolute Gasteiger partial charge is 0.488 e. The molecule has 1 aliphatic carbocycles. The first-order valence-corrected chi connectivity index (χ1v) is 13.7. The van der Waals surface area contributed by atoms with E-state index >= 15 is 0 Å². The Balaban J connectivity index is 1.32. The SMILES string of the molecule is CC(C)(C)N1CCC(Oc2ccc(C(F)(F)F)cc2NC(=O)NC2CCC(OCc3ccncc3)CC2)CC1. The number of amides is 2. The van der Waals surface area contributed by atoms with E-state index in [1.165, 1.54) is 6.07 Å². The van der Waals surface area contributed by atoms with Gasteiger partial charge in [-0.1, -0.05) is 0 Å². The molecule has 1 saturated carbocycles. The summed E-state index contributed by atoms with van der Waals surface area (Å²) in [5, 5.41) is 5.54. The van der Waals surface area contributed by atoms with E-state index in [0.717, 1.165) is 69.3 Å². The summed E-state index contributed by atoms with van der Waals surface area (Å²) in [5.74, 6) is 0.251. The fraction of sp³-hybridized carbons (Fsp3) is 0.586. The highest BCUT2D eigenvalue weighted by molar-refractivity contribution is 5.91. The fourth-order valence-corrected chi connectivity index (χ4v) is 5.14. The van der Waals surface area contributed by atoms with Gasteiger partial charge in [0.25, 0.3) is 0 Å². The van der Waals surface area contributed by atoms with Crippen LogP contribution in [0.4, 0.5) is 23.7 Å². The molecular formula is C29H39F3N4O3. The molecule has 2 heterocycles. The third-order valence-electron chi connectivity index (χ3n) is 7.48. The highest BCUT2D eigenvalue weighted by atomic mass is 19.4. The van der Waals surface area contributed by atoms with E-state index in [2.05, 4.69) is 41.3 Å². The maximum atomic E-state index is 13.4. The molecule has 2 aromatic rings. The zero-order valence-corrected chi connectivity index (χ0v) is 22.9. The summed E-state index contributed by atoms with van der Waals surface area (Å²) in [6.07, 6.45) is 3.47. The summed E-state index contributed by atoms with van der Waals surface area (Å²) in [4.78, 5) is 19.2. The number of anilines is 1. The van der Waals surface area contributed by atoms with Crippen LogP contribution in [0.25, 0.3) is 0 Å². The fourth-order valence-electron chi connectivity index (χ4n) is 5.14. The van der Waals surface area contributed by atoms with E-state index in [1.807, 2.05) is 12.1 Å². The topological polar surface area (TPSA) is 75.7 Å². The Morgan fingerprint density at radius 3 is 2.26 bits per heavy atom. The predicted molar refractivity (Wildman–Crippen MR) is 144 cm³/mol. The molecule has 0 unspecified atom stereocenters. The summed E-state index contributed by atoms with van der Waals surface area (Å²) in [6, 6.07) is 6.46. The molecule has 0 bridgehead atoms. The molecule has 2 fully saturated rings. The minimum atomic E-state index is -4.53. The van der Waals surface area contributed by atoms with Gasteiger partial charge in [0.05, 0.1) is 24.0 Å². The minimum absolute atomic E-state index is 0.0231. The number of nitrogens with one attached hydrogen (secondary N) is 2. The minimum Gasteiger partial charge on any atom is -0.488 e. The molecule has 1 aromatic carbocycles. The van der Waals surface area contributed by atoms with Crippen molar-refractivity contribution in [2.24, 2.45) is 0 Å². The van der Waals surface area contributed by atoms with Crippen molar-refractivity contribution >= 4 is 11.7 Å². The lowest BCUT2D eigenvalue weighted by Gasteiger charge is -2.40. The van der Waals surface area contributed by atoms with Gasteiger partial charge in [0.2, 0.25) is 0 Å². The standard InChI is InChI=1S/C29H39F3N4O3/c1-28(2,3)36-16-12-24(13-17-36)39-26-9-4-21(29(30,31)32)18-25(26)35-27(37)34-22-5-7-23(8-6-22)38-19-20-10-14-33-15-11-20/h4,9-11,14-15,18,22-24H,5-8,12-13,16-17,19H2,1-3H3,(H2,34,35,37). The van der Waals surface area contributed by atoms with Gasteiger partial charge in [0.1, 0.15) is 11.9 Å². The summed E-state index contributed by atoms with van der Waals surface area (Å²) in [5.41, 5.74) is 0.299. The number of ether oxygens (including phenoxy) is 2. The maximum absolute atomic E-state index is 13.4. The third-order valence-corrected chi connectivity index (χ3v) is 7.48. The molecule has 39 heavy (non-hydrogen) atoms. The lowest BCUT2D eigenvalue weighted by molar-refractivity contribution is -0.137. The normalized spacial score (nSPS) is 21.4. The summed E-state index contributed by atoms with van der Waals surface area (Å²) < 4.78 is 52.4. The van der Waals surface area contributed by atoms with E-state index in [-0.39, 0.29) is 35.2 Å². The quantitative estimate of drug-likeness (QED) is 0.419. The number of pyridine rings is 1. The van der Waals surface area contributed by atoms with Crippen LogP contribution in [0.1, 0.15) is 70.4 Å². The average molecular weight is 549 g/mol. The molecule has 214 valence electrons. The molecule has 1 saturated heterocycles. The number of hydrogen-bond acceptors (Lipinski definition) is 5. The number of halogens is 3. The number of hydrogen-bond donors (Lipinski definition) is 2. The second kappa shape index (κ2) is 12.6. The van der Waals surface area contributed by atoms with Crippen LogP contribution in [-0.4, -0.2) is 52.8 Å². The van der Waals surface area contributed by atoms with Crippen molar-refractivity contribution in [3.05, 3.63) is 53.9 Å². The van der Waals surface area contributed by atoms with Gasteiger partial charge in [0, 0.05) is 37.1 Å². The van der Waals surface area contributed by atoms with Crippen molar-refractivity contribution < 1.29 is 27.4 Å². The molecule has 2 N–H and O–H groups in total. The van der Waals surface area contributed by atoms with Crippen LogP contribution >= 0.6 is 0 Å². The molecule has 7 nitrogen and oxygen atoms in total. The van der Waals surface area contributed by atoms with Crippen molar-refractivity contribution in [2.75, 3.05) is 18.4 Å². The number of urea groups is 1. The molecule has 1 aromatic heterocycles. The molecular weight excluding hydrogens is 509 g/mol. The van der Waals surface area contributed by atoms with Crippen LogP contribution in [-0.2, 0) is 17.5 Å². The van der Waals surface area contributed by atoms with Crippen molar-refractivity contribution in [3.8, 4) is 5.75 Å². The Bertz CT molecular complexity index is 1080. The first-order chi connectivity index (χ1) is 18.5. The van der Waals surface area contributed by atoms with Crippen LogP contribution in [0.2, 0.25) is 0 Å². The molecule has 4 rings (SSSR count). The number of piperidine rings is 1. The predicted octanol–water partition coefficient (Wildman–Crippen LogP) is 6.39. The Morgan fingerprint density at radius 2 is 1.64 bits per heavy atom. The second-order valence-corrected chi connectivity index (χ2v) is 11.4. The van der Waals surface area contributed by atoms with Crippen LogP contribution in [0.15, 0.2) is 42.7 Å². The first-order valence-electron chi connectivity index (χ1n) is 13.7. The lowest BCUT2D eigenvalue weighted by Crippen LogP contribution is -2.48. The Kier molecular flexibility index (Phi) is 9.38. The monoisotopic (exact) mass is 548 g/mol. The second-order valence-electron chi connectivity index (χ2n) is 11.4. The first kappa shape index (κ1) is 29.1. The molecule has 0 atom stereocenters. The van der Waals surface area contributed by atoms with Gasteiger partial charge in [-0.15, -0.1) is 0 Å². The number of nitrogens with zero attached hydrogens (tertiary/aromatic N) is 2. The number of benzene rings is 1. The summed E-state index contributed by atoms with van der Waals surface area (Å²) in [7, 11) is 0. The van der Waals surface area contributed by atoms with Crippen molar-refractivity contribution in [1.82, 2.24) is 15.2 Å². The highest BCUT2D eigenvalue weighted by Crippen LogP contribution is 2.36. The van der Waals surface area contributed by atoms with Gasteiger partial charge in [-0.25, -0.2) is 4.79 Å². The Labute approximate surface area is 228 Å². The molecule has 2 amide bonds. The van der Waals surface area contributed by atoms with Gasteiger partial charge < -0.3 is 20.1 Å². The van der Waals surface area contributed by atoms with E-state index < -0.39 is 17.8 Å². The molecule has 0 radical (unpaired) electrons. The molecule has 1 aliphatic heterocycles. The smallest absolute Gasteiger partial charge is 0.416 e. The van der Waals surface area contributed by atoms with Crippen LogP contribution in [0.5, 0.6) is 5.75 Å². The van der Waals surface area contributed by atoms with Gasteiger partial charge in [-0.3, -0.25) is 9.88 Å². The number of carbonyl (C=O) groups is 1. The zero-order chi connectivity index (χ0) is 28.0. The number of carbonyl (C=O) groups excluding carboxylic acids is 1. The number of aromatic nitrogens is 1. The third kappa shape index (κ3) is 8.57. The molecule has 0 spiro atoms. The zero-order valence-electron chi connectivity index (χ0n) is 22.9. The summed E-state index contributed by atoms with van der Waals surface area (Å²) in [6.45, 7) is 8.67. The molecule has 2 aliphatic rings. The van der Waals surface area contributed by atoms with Crippen molar-refractivity contribution in [1.29, 1.82) is 0 Å². The van der Waals surface area contributed by atoms with Crippen LogP contribution in [0.3, 0.4) is 0 Å². The average Bonchev–Trinajstić information content (AvgIpc) is 2.89. The van der Waals surface area contributed by atoms with Crippen molar-refractivity contribution in [3.63, 3.8) is 0 Å². The number of rotatable bonds is 7. The molecule has 10 heteroatoms. The van der Waals surface area contributed by atoms with Gasteiger partial charge in [-0.2, -0.15) is 13.2 Å². The lowest BCUT2D eigenvalue weighted by atomic mass is 9.93. The van der Waals surface area contributed by atoms with E-state index in [4.69, 9.17) is 9.47 Å². The Morgan fingerprint density at radius 1 is 0.974 bits per heavy atom. The van der Waals surface area contributed by atoms with Gasteiger partial charge >= 0.3 is 12.2 Å². The van der Waals surface area contributed by atoms with E-state index in [0.29, 0.717) is 6.61 Å². The van der Waals surface area contributed by atoms with Crippen LogP contribution < -0.4 is 15.4 Å². The van der Waals surface area contributed by atoms with E-state index in [1.54, 1.807) is 12.4 Å². The van der Waals surface area contributed by atoms with Crippen molar-refractivity contribution in [2.45, 2.75) is 95.9 Å². The van der Waals surface area contributed by atoms with E-state index in [9.17, 15) is 18.0 Å². The maximum Gasteiger partial charge on any atom is 0.416 e.